The van der Waals surface area contributed by atoms with E-state index < -0.39 is 17.6 Å². The Morgan fingerprint density at radius 2 is 2.07 bits per heavy atom. The zero-order valence-electron chi connectivity index (χ0n) is 14.9. The Kier molecular flexibility index (Phi) is 6.11. The van der Waals surface area contributed by atoms with Crippen LogP contribution in [0.3, 0.4) is 0 Å². The maximum atomic E-state index is 12.8. The molecule has 1 aliphatic heterocycles. The molecule has 2 aromatic rings. The van der Waals surface area contributed by atoms with Gasteiger partial charge in [-0.05, 0) is 55.6 Å². The Hall–Kier alpha value is -2.41. The fraction of sp³-hybridized carbons (Fsp3) is 0.400. The molecular formula is C20H22F3N3O. The summed E-state index contributed by atoms with van der Waals surface area (Å²) in [5.74, 6) is -0.194. The largest absolute Gasteiger partial charge is 0.416 e. The average molecular weight is 377 g/mol. The predicted molar refractivity (Wildman–Crippen MR) is 96.0 cm³/mol. The first kappa shape index (κ1) is 19.4. The van der Waals surface area contributed by atoms with Crippen LogP contribution in [0.25, 0.3) is 0 Å². The number of hydrogen-bond acceptors (Lipinski definition) is 3. The summed E-state index contributed by atoms with van der Waals surface area (Å²) >= 11 is 0. The van der Waals surface area contributed by atoms with E-state index in [4.69, 9.17) is 0 Å². The minimum absolute atomic E-state index is 0.0333. The predicted octanol–water partition coefficient (Wildman–Crippen LogP) is 3.74. The fourth-order valence-corrected chi connectivity index (χ4v) is 3.36. The van der Waals surface area contributed by atoms with E-state index in [1.807, 2.05) is 18.2 Å². The molecule has 0 aliphatic carbocycles. The molecule has 1 aliphatic rings. The molecule has 1 amide bonds. The molecule has 1 N–H and O–H groups in total. The van der Waals surface area contributed by atoms with Gasteiger partial charge in [-0.15, -0.1) is 0 Å². The zero-order valence-corrected chi connectivity index (χ0v) is 14.9. The number of rotatable bonds is 5. The summed E-state index contributed by atoms with van der Waals surface area (Å²) in [6.45, 7) is 3.03. The number of alkyl halides is 3. The van der Waals surface area contributed by atoms with E-state index in [1.54, 1.807) is 6.20 Å². The number of benzene rings is 1. The zero-order chi connectivity index (χ0) is 19.3. The Morgan fingerprint density at radius 3 is 2.81 bits per heavy atom. The second-order valence-corrected chi connectivity index (χ2v) is 6.85. The van der Waals surface area contributed by atoms with Crippen molar-refractivity contribution in [1.82, 2.24) is 15.2 Å². The van der Waals surface area contributed by atoms with Crippen molar-refractivity contribution in [1.29, 1.82) is 0 Å². The number of carbonyl (C=O) groups is 1. The molecule has 1 aromatic heterocycles. The molecule has 1 fully saturated rings. The van der Waals surface area contributed by atoms with E-state index in [2.05, 4.69) is 15.2 Å². The van der Waals surface area contributed by atoms with Crippen LogP contribution in [0.15, 0.2) is 48.7 Å². The van der Waals surface area contributed by atoms with E-state index in [-0.39, 0.29) is 11.5 Å². The summed E-state index contributed by atoms with van der Waals surface area (Å²) in [6.07, 6.45) is -0.670. The Bertz CT molecular complexity index is 765. The van der Waals surface area contributed by atoms with Gasteiger partial charge in [0.1, 0.15) is 0 Å². The van der Waals surface area contributed by atoms with Crippen LogP contribution in [-0.4, -0.2) is 35.4 Å². The SMILES string of the molecule is O=C(NC[C@@H]1CCCN(Cc2ccccn2)C1)c1cccc(C(F)(F)F)c1. The smallest absolute Gasteiger partial charge is 0.352 e. The number of carbonyl (C=O) groups excluding carboxylic acids is 1. The molecule has 0 bridgehead atoms. The molecule has 2 heterocycles. The molecule has 4 nitrogen and oxygen atoms in total. The summed E-state index contributed by atoms with van der Waals surface area (Å²) in [5, 5.41) is 2.78. The minimum Gasteiger partial charge on any atom is -0.352 e. The summed E-state index contributed by atoms with van der Waals surface area (Å²) in [5.41, 5.74) is 0.228. The van der Waals surface area contributed by atoms with E-state index in [0.717, 1.165) is 50.3 Å². The molecule has 144 valence electrons. The van der Waals surface area contributed by atoms with Crippen molar-refractivity contribution < 1.29 is 18.0 Å². The lowest BCUT2D eigenvalue weighted by molar-refractivity contribution is -0.137. The van der Waals surface area contributed by atoms with Crippen molar-refractivity contribution in [2.75, 3.05) is 19.6 Å². The van der Waals surface area contributed by atoms with Gasteiger partial charge in [0.05, 0.1) is 11.3 Å². The number of likely N-dealkylation sites (tertiary alicyclic amines) is 1. The standard InChI is InChI=1S/C20H22F3N3O/c21-20(22,23)17-7-3-6-16(11-17)19(27)25-12-15-5-4-10-26(13-15)14-18-8-1-2-9-24-18/h1-3,6-9,11,15H,4-5,10,12-14H2,(H,25,27)/t15-/m0/s1. The molecule has 1 atom stereocenters. The molecular weight excluding hydrogens is 355 g/mol. The van der Waals surface area contributed by atoms with Crippen LogP contribution in [-0.2, 0) is 12.7 Å². The van der Waals surface area contributed by atoms with Gasteiger partial charge >= 0.3 is 6.18 Å². The highest BCUT2D eigenvalue weighted by molar-refractivity contribution is 5.94. The van der Waals surface area contributed by atoms with Gasteiger partial charge in [0.15, 0.2) is 0 Å². The first-order valence-electron chi connectivity index (χ1n) is 8.99. The number of amides is 1. The van der Waals surface area contributed by atoms with Crippen LogP contribution in [0, 0.1) is 5.92 Å². The molecule has 7 heteroatoms. The van der Waals surface area contributed by atoms with Crippen molar-refractivity contribution in [2.45, 2.75) is 25.6 Å². The number of hydrogen-bond donors (Lipinski definition) is 1. The van der Waals surface area contributed by atoms with Crippen LogP contribution in [0.2, 0.25) is 0 Å². The van der Waals surface area contributed by atoms with Gasteiger partial charge in [0.2, 0.25) is 0 Å². The second-order valence-electron chi connectivity index (χ2n) is 6.85. The third-order valence-electron chi connectivity index (χ3n) is 4.72. The van der Waals surface area contributed by atoms with E-state index in [0.29, 0.717) is 6.54 Å². The Morgan fingerprint density at radius 1 is 1.22 bits per heavy atom. The second kappa shape index (κ2) is 8.52. The summed E-state index contributed by atoms with van der Waals surface area (Å²) in [6, 6.07) is 10.3. The third kappa shape index (κ3) is 5.53. The maximum Gasteiger partial charge on any atom is 0.416 e. The lowest BCUT2D eigenvalue weighted by Crippen LogP contribution is -2.40. The molecule has 0 unspecified atom stereocenters. The molecule has 27 heavy (non-hydrogen) atoms. The van der Waals surface area contributed by atoms with Crippen LogP contribution in [0.4, 0.5) is 13.2 Å². The molecule has 3 rings (SSSR count). The highest BCUT2D eigenvalue weighted by Gasteiger charge is 2.31. The lowest BCUT2D eigenvalue weighted by atomic mass is 9.97. The number of nitrogens with one attached hydrogen (secondary N) is 1. The Balaban J connectivity index is 1.53. The van der Waals surface area contributed by atoms with Gasteiger partial charge in [-0.2, -0.15) is 13.2 Å². The van der Waals surface area contributed by atoms with Crippen molar-refractivity contribution in [3.05, 3.63) is 65.5 Å². The summed E-state index contributed by atoms with van der Waals surface area (Å²) < 4.78 is 38.4. The number of pyridine rings is 1. The lowest BCUT2D eigenvalue weighted by Gasteiger charge is -2.32. The number of piperidine rings is 1. The normalized spacial score (nSPS) is 18.3. The topological polar surface area (TPSA) is 45.2 Å². The monoisotopic (exact) mass is 377 g/mol. The third-order valence-corrected chi connectivity index (χ3v) is 4.72. The maximum absolute atomic E-state index is 12.8. The van der Waals surface area contributed by atoms with E-state index in [1.165, 1.54) is 12.1 Å². The molecule has 1 saturated heterocycles. The van der Waals surface area contributed by atoms with E-state index in [9.17, 15) is 18.0 Å². The number of halogens is 3. The highest BCUT2D eigenvalue weighted by Crippen LogP contribution is 2.29. The van der Waals surface area contributed by atoms with Crippen LogP contribution in [0.5, 0.6) is 0 Å². The quantitative estimate of drug-likeness (QED) is 0.863. The number of nitrogens with zero attached hydrogens (tertiary/aromatic N) is 2. The van der Waals surface area contributed by atoms with Crippen molar-refractivity contribution in [3.8, 4) is 0 Å². The summed E-state index contributed by atoms with van der Waals surface area (Å²) in [4.78, 5) is 18.9. The molecule has 1 aromatic carbocycles. The molecule has 0 saturated carbocycles. The summed E-state index contributed by atoms with van der Waals surface area (Å²) in [7, 11) is 0. The van der Waals surface area contributed by atoms with Gasteiger partial charge < -0.3 is 5.32 Å². The van der Waals surface area contributed by atoms with Crippen LogP contribution in [0.1, 0.15) is 34.5 Å². The van der Waals surface area contributed by atoms with Gasteiger partial charge in [-0.3, -0.25) is 14.7 Å². The number of aromatic nitrogens is 1. The first-order chi connectivity index (χ1) is 12.9. The van der Waals surface area contributed by atoms with Gasteiger partial charge in [-0.25, -0.2) is 0 Å². The Labute approximate surface area is 156 Å². The van der Waals surface area contributed by atoms with Gasteiger partial charge in [0.25, 0.3) is 5.91 Å². The average Bonchev–Trinajstić information content (AvgIpc) is 2.67. The molecule has 0 radical (unpaired) electrons. The van der Waals surface area contributed by atoms with Crippen LogP contribution < -0.4 is 5.32 Å². The highest BCUT2D eigenvalue weighted by atomic mass is 19.4. The molecule has 0 spiro atoms. The minimum atomic E-state index is -4.45. The first-order valence-corrected chi connectivity index (χ1v) is 8.99. The van der Waals surface area contributed by atoms with Crippen molar-refractivity contribution in [2.24, 2.45) is 5.92 Å². The van der Waals surface area contributed by atoms with Crippen LogP contribution >= 0.6 is 0 Å². The fourth-order valence-electron chi connectivity index (χ4n) is 3.36. The van der Waals surface area contributed by atoms with Gasteiger partial charge in [0, 0.05) is 31.4 Å². The van der Waals surface area contributed by atoms with Crippen molar-refractivity contribution in [3.63, 3.8) is 0 Å². The van der Waals surface area contributed by atoms with Gasteiger partial charge in [-0.1, -0.05) is 12.1 Å². The van der Waals surface area contributed by atoms with Crippen molar-refractivity contribution >= 4 is 5.91 Å². The van der Waals surface area contributed by atoms with E-state index >= 15 is 0 Å².